The highest BCUT2D eigenvalue weighted by Crippen LogP contribution is 2.17. The Kier molecular flexibility index (Phi) is 8.50. The fraction of sp³-hybridized carbons (Fsp3) is 0.286. The zero-order valence-electron chi connectivity index (χ0n) is 16.5. The van der Waals surface area contributed by atoms with Crippen molar-refractivity contribution in [3.8, 4) is 11.5 Å². The van der Waals surface area contributed by atoms with E-state index in [1.54, 1.807) is 48.5 Å². The van der Waals surface area contributed by atoms with E-state index in [-0.39, 0.29) is 30.9 Å². The molecule has 0 unspecified atom stereocenters. The molecule has 0 saturated heterocycles. The fourth-order valence-corrected chi connectivity index (χ4v) is 2.33. The van der Waals surface area contributed by atoms with Crippen LogP contribution in [0.15, 0.2) is 48.5 Å². The molecule has 0 aliphatic rings. The van der Waals surface area contributed by atoms with Crippen LogP contribution in [-0.4, -0.2) is 44.0 Å². The van der Waals surface area contributed by atoms with Gasteiger partial charge in [-0.1, -0.05) is 0 Å². The van der Waals surface area contributed by atoms with Crippen molar-refractivity contribution in [3.63, 3.8) is 0 Å². The third kappa shape index (κ3) is 7.53. The quantitative estimate of drug-likeness (QED) is 0.566. The van der Waals surface area contributed by atoms with E-state index in [1.165, 1.54) is 0 Å². The lowest BCUT2D eigenvalue weighted by atomic mass is 10.2. The highest BCUT2D eigenvalue weighted by Gasteiger charge is 2.08. The largest absolute Gasteiger partial charge is 0.484 e. The molecule has 0 spiro atoms. The molecule has 2 aromatic carbocycles. The molecule has 8 nitrogen and oxygen atoms in total. The van der Waals surface area contributed by atoms with Gasteiger partial charge in [0.25, 0.3) is 17.7 Å². The number of carbonyl (C=O) groups excluding carboxylic acids is 3. The van der Waals surface area contributed by atoms with Crippen LogP contribution >= 0.6 is 0 Å². The fourth-order valence-electron chi connectivity index (χ4n) is 2.33. The lowest BCUT2D eigenvalue weighted by Gasteiger charge is -2.09. The SMILES string of the molecule is CCNC(=O)COc1ccc(NC(=O)c2ccc(OCC(=O)NCC)cc2)cc1. The number of likely N-dealkylation sites (N-methyl/N-ethyl adjacent to an activating group) is 2. The normalized spacial score (nSPS) is 10.0. The highest BCUT2D eigenvalue weighted by atomic mass is 16.5. The Balaban J connectivity index is 1.84. The molecule has 0 aromatic heterocycles. The predicted molar refractivity (Wildman–Crippen MR) is 109 cm³/mol. The van der Waals surface area contributed by atoms with Crippen molar-refractivity contribution in [1.29, 1.82) is 0 Å². The Hall–Kier alpha value is -3.55. The minimum atomic E-state index is -0.281. The Bertz CT molecular complexity index is 819. The van der Waals surface area contributed by atoms with Gasteiger partial charge in [-0.25, -0.2) is 0 Å². The summed E-state index contributed by atoms with van der Waals surface area (Å²) in [7, 11) is 0. The summed E-state index contributed by atoms with van der Waals surface area (Å²) in [5, 5.41) is 8.06. The van der Waals surface area contributed by atoms with Crippen LogP contribution in [0, 0.1) is 0 Å². The van der Waals surface area contributed by atoms with Gasteiger partial charge in [-0.2, -0.15) is 0 Å². The van der Waals surface area contributed by atoms with Crippen LogP contribution in [-0.2, 0) is 9.59 Å². The molecule has 8 heteroatoms. The van der Waals surface area contributed by atoms with Gasteiger partial charge in [0.1, 0.15) is 11.5 Å². The maximum Gasteiger partial charge on any atom is 0.257 e. The van der Waals surface area contributed by atoms with E-state index in [9.17, 15) is 14.4 Å². The molecule has 2 aromatic rings. The Morgan fingerprint density at radius 3 is 1.62 bits per heavy atom. The van der Waals surface area contributed by atoms with Gasteiger partial charge in [-0.15, -0.1) is 0 Å². The van der Waals surface area contributed by atoms with Gasteiger partial charge in [0.15, 0.2) is 13.2 Å². The van der Waals surface area contributed by atoms with Crippen molar-refractivity contribution in [2.24, 2.45) is 0 Å². The summed E-state index contributed by atoms with van der Waals surface area (Å²) >= 11 is 0. The lowest BCUT2D eigenvalue weighted by Crippen LogP contribution is -2.28. The second kappa shape index (κ2) is 11.3. The maximum absolute atomic E-state index is 12.3. The monoisotopic (exact) mass is 399 g/mol. The number of nitrogens with one attached hydrogen (secondary N) is 3. The summed E-state index contributed by atoms with van der Waals surface area (Å²) in [4.78, 5) is 35.1. The molecular weight excluding hydrogens is 374 g/mol. The van der Waals surface area contributed by atoms with Crippen LogP contribution in [0.3, 0.4) is 0 Å². The summed E-state index contributed by atoms with van der Waals surface area (Å²) in [6, 6.07) is 13.2. The van der Waals surface area contributed by atoms with Crippen LogP contribution in [0.5, 0.6) is 11.5 Å². The number of carbonyl (C=O) groups is 3. The van der Waals surface area contributed by atoms with Crippen molar-refractivity contribution in [2.75, 3.05) is 31.6 Å². The zero-order valence-corrected chi connectivity index (χ0v) is 16.5. The number of amides is 3. The van der Waals surface area contributed by atoms with E-state index in [0.717, 1.165) is 0 Å². The molecule has 0 fully saturated rings. The first-order chi connectivity index (χ1) is 14.0. The van der Waals surface area contributed by atoms with Crippen molar-refractivity contribution in [2.45, 2.75) is 13.8 Å². The van der Waals surface area contributed by atoms with Crippen LogP contribution in [0.25, 0.3) is 0 Å². The number of hydrogen-bond acceptors (Lipinski definition) is 5. The first-order valence-electron chi connectivity index (χ1n) is 9.32. The van der Waals surface area contributed by atoms with E-state index in [1.807, 2.05) is 13.8 Å². The third-order valence-corrected chi connectivity index (χ3v) is 3.72. The van der Waals surface area contributed by atoms with Gasteiger partial charge in [0.05, 0.1) is 0 Å². The molecule has 3 amide bonds. The molecule has 29 heavy (non-hydrogen) atoms. The van der Waals surface area contributed by atoms with Gasteiger partial charge >= 0.3 is 0 Å². The molecule has 0 aliphatic heterocycles. The van der Waals surface area contributed by atoms with Crippen molar-refractivity contribution in [3.05, 3.63) is 54.1 Å². The van der Waals surface area contributed by atoms with Crippen molar-refractivity contribution >= 4 is 23.4 Å². The molecular formula is C21H25N3O5. The van der Waals surface area contributed by atoms with E-state index in [0.29, 0.717) is 35.8 Å². The molecule has 2 rings (SSSR count). The van der Waals surface area contributed by atoms with Gasteiger partial charge in [-0.3, -0.25) is 14.4 Å². The Morgan fingerprint density at radius 2 is 1.17 bits per heavy atom. The van der Waals surface area contributed by atoms with E-state index < -0.39 is 0 Å². The number of ether oxygens (including phenoxy) is 2. The van der Waals surface area contributed by atoms with Gasteiger partial charge < -0.3 is 25.4 Å². The number of hydrogen-bond donors (Lipinski definition) is 3. The van der Waals surface area contributed by atoms with Crippen LogP contribution < -0.4 is 25.4 Å². The van der Waals surface area contributed by atoms with Gasteiger partial charge in [-0.05, 0) is 62.4 Å². The number of rotatable bonds is 10. The Labute approximate surface area is 169 Å². The second-order valence-corrected chi connectivity index (χ2v) is 5.99. The molecule has 0 bridgehead atoms. The molecule has 0 aliphatic carbocycles. The summed E-state index contributed by atoms with van der Waals surface area (Å²) in [6.07, 6.45) is 0. The lowest BCUT2D eigenvalue weighted by molar-refractivity contribution is -0.123. The zero-order chi connectivity index (χ0) is 21.1. The smallest absolute Gasteiger partial charge is 0.257 e. The summed E-state index contributed by atoms with van der Waals surface area (Å²) < 4.78 is 10.7. The molecule has 154 valence electrons. The molecule has 0 radical (unpaired) electrons. The average Bonchev–Trinajstić information content (AvgIpc) is 2.72. The molecule has 0 heterocycles. The topological polar surface area (TPSA) is 106 Å². The third-order valence-electron chi connectivity index (χ3n) is 3.72. The number of benzene rings is 2. The number of anilines is 1. The predicted octanol–water partition coefficient (Wildman–Crippen LogP) is 1.97. The van der Waals surface area contributed by atoms with Crippen molar-refractivity contribution in [1.82, 2.24) is 10.6 Å². The summed E-state index contributed by atoms with van der Waals surface area (Å²) in [5.74, 6) is 0.358. The molecule has 0 saturated carbocycles. The average molecular weight is 399 g/mol. The van der Waals surface area contributed by atoms with Gasteiger partial charge in [0.2, 0.25) is 0 Å². The van der Waals surface area contributed by atoms with Crippen LogP contribution in [0.4, 0.5) is 5.69 Å². The summed E-state index contributed by atoms with van der Waals surface area (Å²) in [6.45, 7) is 4.62. The molecule has 3 N–H and O–H groups in total. The molecule has 0 atom stereocenters. The second-order valence-electron chi connectivity index (χ2n) is 5.99. The minimum Gasteiger partial charge on any atom is -0.484 e. The minimum absolute atomic E-state index is 0.0614. The highest BCUT2D eigenvalue weighted by molar-refractivity contribution is 6.04. The first kappa shape index (κ1) is 21.7. The first-order valence-corrected chi connectivity index (χ1v) is 9.32. The van der Waals surface area contributed by atoms with E-state index >= 15 is 0 Å². The van der Waals surface area contributed by atoms with Crippen LogP contribution in [0.1, 0.15) is 24.2 Å². The maximum atomic E-state index is 12.3. The van der Waals surface area contributed by atoms with Crippen molar-refractivity contribution < 1.29 is 23.9 Å². The summed E-state index contributed by atoms with van der Waals surface area (Å²) in [5.41, 5.74) is 1.05. The van der Waals surface area contributed by atoms with Crippen LogP contribution in [0.2, 0.25) is 0 Å². The van der Waals surface area contributed by atoms with E-state index in [2.05, 4.69) is 16.0 Å². The standard InChI is InChI=1S/C21H25N3O5/c1-3-22-19(25)13-28-17-9-5-15(6-10-17)21(27)24-16-7-11-18(12-8-16)29-14-20(26)23-4-2/h5-12H,3-4,13-14H2,1-2H3,(H,22,25)(H,23,26)(H,24,27). The van der Waals surface area contributed by atoms with Gasteiger partial charge in [0, 0.05) is 24.3 Å². The Morgan fingerprint density at radius 1 is 0.724 bits per heavy atom. The van der Waals surface area contributed by atoms with E-state index in [4.69, 9.17) is 9.47 Å².